The average Bonchev–Trinajstić information content (AvgIpc) is 2.78. The van der Waals surface area contributed by atoms with Crippen molar-refractivity contribution in [2.24, 2.45) is 5.92 Å². The molecule has 0 radical (unpaired) electrons. The summed E-state index contributed by atoms with van der Waals surface area (Å²) >= 11 is 3.48. The quantitative estimate of drug-likeness (QED) is 0.490. The fourth-order valence-electron chi connectivity index (χ4n) is 2.49. The minimum Gasteiger partial charge on any atom is -0.342 e. The molecule has 3 heteroatoms. The Morgan fingerprint density at radius 3 is 2.76 bits per heavy atom. The van der Waals surface area contributed by atoms with Crippen molar-refractivity contribution in [1.29, 1.82) is 0 Å². The van der Waals surface area contributed by atoms with E-state index in [0.717, 1.165) is 37.2 Å². The van der Waals surface area contributed by atoms with E-state index in [0.29, 0.717) is 5.91 Å². The van der Waals surface area contributed by atoms with Gasteiger partial charge < -0.3 is 4.90 Å². The van der Waals surface area contributed by atoms with Gasteiger partial charge in [-0.3, -0.25) is 4.79 Å². The molecule has 1 aliphatic heterocycles. The van der Waals surface area contributed by atoms with Crippen LogP contribution >= 0.6 is 15.9 Å². The number of carbonyl (C=O) groups excluding carboxylic acids is 1. The first-order chi connectivity index (χ1) is 8.27. The third kappa shape index (κ3) is 5.89. The van der Waals surface area contributed by atoms with Crippen molar-refractivity contribution in [1.82, 2.24) is 4.90 Å². The Labute approximate surface area is 114 Å². The first-order valence-electron chi connectivity index (χ1n) is 7.11. The Balaban J connectivity index is 2.08. The van der Waals surface area contributed by atoms with Gasteiger partial charge in [-0.15, -0.1) is 0 Å². The molecule has 17 heavy (non-hydrogen) atoms. The lowest BCUT2D eigenvalue weighted by atomic mass is 10.1. The monoisotopic (exact) mass is 303 g/mol. The molecular weight excluding hydrogens is 278 g/mol. The second kappa shape index (κ2) is 8.96. The van der Waals surface area contributed by atoms with E-state index in [1.165, 1.54) is 38.5 Å². The Morgan fingerprint density at radius 2 is 2.06 bits per heavy atom. The van der Waals surface area contributed by atoms with Gasteiger partial charge in [0.25, 0.3) is 0 Å². The third-order valence-electron chi connectivity index (χ3n) is 3.65. The summed E-state index contributed by atoms with van der Waals surface area (Å²) in [6.45, 7) is 4.21. The zero-order valence-electron chi connectivity index (χ0n) is 11.1. The van der Waals surface area contributed by atoms with Crippen LogP contribution in [0, 0.1) is 5.92 Å². The van der Waals surface area contributed by atoms with Crippen LogP contribution in [0.2, 0.25) is 0 Å². The van der Waals surface area contributed by atoms with Crippen LogP contribution in [0.4, 0.5) is 0 Å². The van der Waals surface area contributed by atoms with E-state index in [1.54, 1.807) is 0 Å². The van der Waals surface area contributed by atoms with Crippen LogP contribution in [-0.2, 0) is 4.79 Å². The fourth-order valence-corrected chi connectivity index (χ4v) is 3.13. The zero-order valence-corrected chi connectivity index (χ0v) is 12.7. The number of hydrogen-bond donors (Lipinski definition) is 0. The normalized spacial score (nSPS) is 19.9. The molecule has 0 aromatic carbocycles. The van der Waals surface area contributed by atoms with Crippen molar-refractivity contribution in [2.75, 3.05) is 18.4 Å². The van der Waals surface area contributed by atoms with E-state index in [-0.39, 0.29) is 0 Å². The van der Waals surface area contributed by atoms with E-state index in [1.807, 2.05) is 0 Å². The van der Waals surface area contributed by atoms with Gasteiger partial charge in [0.05, 0.1) is 0 Å². The maximum absolute atomic E-state index is 11.9. The topological polar surface area (TPSA) is 20.3 Å². The van der Waals surface area contributed by atoms with Crippen molar-refractivity contribution < 1.29 is 4.79 Å². The molecular formula is C14H26BrNO. The summed E-state index contributed by atoms with van der Waals surface area (Å²) in [4.78, 5) is 14.0. The first kappa shape index (κ1) is 15.0. The molecule has 1 atom stereocenters. The van der Waals surface area contributed by atoms with E-state index in [4.69, 9.17) is 0 Å². The van der Waals surface area contributed by atoms with E-state index in [9.17, 15) is 4.79 Å². The van der Waals surface area contributed by atoms with Crippen LogP contribution in [0.15, 0.2) is 0 Å². The van der Waals surface area contributed by atoms with Crippen molar-refractivity contribution >= 4 is 21.8 Å². The molecule has 0 aliphatic carbocycles. The molecule has 1 aliphatic rings. The molecule has 1 unspecified atom stereocenters. The highest BCUT2D eigenvalue weighted by atomic mass is 79.9. The molecule has 1 amide bonds. The average molecular weight is 304 g/mol. The minimum atomic E-state index is 0.388. The highest BCUT2D eigenvalue weighted by Gasteiger charge is 2.24. The first-order valence-corrected chi connectivity index (χ1v) is 8.23. The predicted octanol–water partition coefficient (Wildman–Crippen LogP) is 3.98. The number of alkyl halides is 1. The Hall–Kier alpha value is -0.0500. The highest BCUT2D eigenvalue weighted by Crippen LogP contribution is 2.21. The van der Waals surface area contributed by atoms with Gasteiger partial charge in [0.15, 0.2) is 0 Å². The predicted molar refractivity (Wildman–Crippen MR) is 76.5 cm³/mol. The second-order valence-corrected chi connectivity index (χ2v) is 5.93. The number of carbonyl (C=O) groups is 1. The van der Waals surface area contributed by atoms with E-state index < -0.39 is 0 Å². The van der Waals surface area contributed by atoms with Gasteiger partial charge in [0, 0.05) is 24.8 Å². The van der Waals surface area contributed by atoms with Gasteiger partial charge in [-0.2, -0.15) is 0 Å². The molecule has 100 valence electrons. The Kier molecular flexibility index (Phi) is 7.91. The second-order valence-electron chi connectivity index (χ2n) is 5.14. The number of hydrogen-bond acceptors (Lipinski definition) is 1. The van der Waals surface area contributed by atoms with E-state index in [2.05, 4.69) is 27.8 Å². The van der Waals surface area contributed by atoms with Gasteiger partial charge in [-0.1, -0.05) is 48.5 Å². The summed E-state index contributed by atoms with van der Waals surface area (Å²) in [5.41, 5.74) is 0. The molecule has 1 rings (SSSR count). The molecule has 0 spiro atoms. The molecule has 0 aromatic rings. The number of unbranched alkanes of at least 4 members (excludes halogenated alkanes) is 4. The van der Waals surface area contributed by atoms with Crippen LogP contribution in [0.25, 0.3) is 0 Å². The lowest BCUT2D eigenvalue weighted by molar-refractivity contribution is -0.130. The van der Waals surface area contributed by atoms with E-state index >= 15 is 0 Å². The largest absolute Gasteiger partial charge is 0.342 e. The summed E-state index contributed by atoms with van der Waals surface area (Å²) < 4.78 is 0. The minimum absolute atomic E-state index is 0.388. The van der Waals surface area contributed by atoms with Crippen LogP contribution in [0.5, 0.6) is 0 Å². The molecule has 1 saturated heterocycles. The third-order valence-corrected chi connectivity index (χ3v) is 4.11. The smallest absolute Gasteiger partial charge is 0.222 e. The summed E-state index contributed by atoms with van der Waals surface area (Å²) in [6.07, 6.45) is 9.35. The van der Waals surface area contributed by atoms with Crippen molar-refractivity contribution in [3.8, 4) is 0 Å². The molecule has 1 heterocycles. The summed E-state index contributed by atoms with van der Waals surface area (Å²) in [7, 11) is 0. The van der Waals surface area contributed by atoms with Gasteiger partial charge in [0.2, 0.25) is 5.91 Å². The van der Waals surface area contributed by atoms with Crippen LogP contribution in [0.3, 0.4) is 0 Å². The molecule has 1 fully saturated rings. The summed E-state index contributed by atoms with van der Waals surface area (Å²) in [5.74, 6) is 1.12. The highest BCUT2D eigenvalue weighted by molar-refractivity contribution is 9.09. The molecule has 0 bridgehead atoms. The number of amides is 1. The number of rotatable bonds is 8. The molecule has 0 N–H and O–H groups in total. The van der Waals surface area contributed by atoms with Crippen LogP contribution < -0.4 is 0 Å². The number of halogens is 1. The van der Waals surface area contributed by atoms with Crippen molar-refractivity contribution in [3.05, 3.63) is 0 Å². The number of nitrogens with zero attached hydrogens (tertiary/aromatic N) is 1. The summed E-state index contributed by atoms with van der Waals surface area (Å²) in [5, 5.41) is 1.07. The van der Waals surface area contributed by atoms with Gasteiger partial charge in [0.1, 0.15) is 0 Å². The molecule has 0 aromatic heterocycles. The van der Waals surface area contributed by atoms with Crippen molar-refractivity contribution in [3.63, 3.8) is 0 Å². The Morgan fingerprint density at radius 1 is 1.29 bits per heavy atom. The van der Waals surface area contributed by atoms with Crippen LogP contribution in [0.1, 0.15) is 58.3 Å². The van der Waals surface area contributed by atoms with Gasteiger partial charge >= 0.3 is 0 Å². The zero-order chi connectivity index (χ0) is 12.5. The summed E-state index contributed by atoms with van der Waals surface area (Å²) in [6, 6.07) is 0. The fraction of sp³-hybridized carbons (Fsp3) is 0.929. The van der Waals surface area contributed by atoms with Crippen LogP contribution in [-0.4, -0.2) is 29.2 Å². The maximum Gasteiger partial charge on any atom is 0.222 e. The molecule has 0 saturated carbocycles. The van der Waals surface area contributed by atoms with Crippen molar-refractivity contribution in [2.45, 2.75) is 58.3 Å². The number of likely N-dealkylation sites (tertiary alicyclic amines) is 1. The SMILES string of the molecule is CCCCCCCC(=O)N1CCC(CCBr)C1. The lowest BCUT2D eigenvalue weighted by Crippen LogP contribution is -2.28. The molecule has 2 nitrogen and oxygen atoms in total. The van der Waals surface area contributed by atoms with Gasteiger partial charge in [-0.05, 0) is 25.2 Å². The maximum atomic E-state index is 11.9. The van der Waals surface area contributed by atoms with Gasteiger partial charge in [-0.25, -0.2) is 0 Å². The standard InChI is InChI=1S/C14H26BrNO/c1-2-3-4-5-6-7-14(17)16-11-9-13(12-16)8-10-15/h13H,2-12H2,1H3. The Bertz CT molecular complexity index is 220. The lowest BCUT2D eigenvalue weighted by Gasteiger charge is -2.16.